The first-order valence-corrected chi connectivity index (χ1v) is 14.5. The quantitative estimate of drug-likeness (QED) is 0.638. The zero-order chi connectivity index (χ0) is 24.1. The molecule has 0 aromatic heterocycles. The maximum atomic E-state index is 13.8. The summed E-state index contributed by atoms with van der Waals surface area (Å²) in [5.74, 6) is 1.81. The lowest BCUT2D eigenvalue weighted by molar-refractivity contribution is -0.143. The molecule has 196 valence electrons. The Morgan fingerprint density at radius 1 is 0.914 bits per heavy atom. The third-order valence-corrected chi connectivity index (χ3v) is 10.1. The molecule has 0 radical (unpaired) electrons. The predicted molar refractivity (Wildman–Crippen MR) is 133 cm³/mol. The van der Waals surface area contributed by atoms with Crippen LogP contribution in [0.5, 0.6) is 0 Å². The minimum Gasteiger partial charge on any atom is -0.446 e. The molecule has 2 amide bonds. The molecule has 0 spiro atoms. The molecule has 8 heteroatoms. The Labute approximate surface area is 210 Å². The predicted octanol–water partition coefficient (Wildman–Crippen LogP) is 2.73. The van der Waals surface area contributed by atoms with Crippen molar-refractivity contribution in [1.82, 2.24) is 25.6 Å². The molecule has 6 fully saturated rings. The van der Waals surface area contributed by atoms with E-state index in [0.717, 1.165) is 64.2 Å². The van der Waals surface area contributed by atoms with Crippen molar-refractivity contribution in [3.63, 3.8) is 0 Å². The van der Waals surface area contributed by atoms with Crippen molar-refractivity contribution in [1.29, 1.82) is 0 Å². The molecule has 35 heavy (non-hydrogen) atoms. The average Bonchev–Trinajstić information content (AvgIpc) is 3.59. The number of rotatable bonds is 3. The molecule has 0 aromatic rings. The number of carbonyl (C=O) groups is 2. The number of hydrazine groups is 1. The molecule has 6 aliphatic rings. The molecule has 3 saturated carbocycles. The second-order valence-electron chi connectivity index (χ2n) is 12.4. The molecule has 3 aliphatic carbocycles. The first kappa shape index (κ1) is 24.0. The van der Waals surface area contributed by atoms with E-state index in [-0.39, 0.29) is 36.2 Å². The number of hydrogen-bond donors (Lipinski definition) is 2. The molecule has 7 unspecified atom stereocenters. The normalized spacial score (nSPS) is 42.3. The number of piperidine rings is 1. The number of piperazine rings is 1. The van der Waals surface area contributed by atoms with Crippen molar-refractivity contribution in [2.75, 3.05) is 26.2 Å². The minimum absolute atomic E-state index is 0.0270. The number of nitrogens with one attached hydrogen (secondary N) is 2. The highest BCUT2D eigenvalue weighted by Crippen LogP contribution is 2.41. The van der Waals surface area contributed by atoms with Gasteiger partial charge in [0.15, 0.2) is 0 Å². The number of ether oxygens (including phenoxy) is 1. The van der Waals surface area contributed by atoms with Crippen LogP contribution in [0, 0.1) is 17.8 Å². The van der Waals surface area contributed by atoms with Gasteiger partial charge in [-0.25, -0.2) is 9.80 Å². The zero-order valence-corrected chi connectivity index (χ0v) is 21.7. The molecule has 8 atom stereocenters. The van der Waals surface area contributed by atoms with E-state index >= 15 is 0 Å². The number of hydrogen-bond acceptors (Lipinski definition) is 6. The fourth-order valence-electron chi connectivity index (χ4n) is 8.27. The second-order valence-corrected chi connectivity index (χ2v) is 12.4. The Hall–Kier alpha value is -1.38. The van der Waals surface area contributed by atoms with Crippen LogP contribution < -0.4 is 10.7 Å². The Balaban J connectivity index is 1.17. The summed E-state index contributed by atoms with van der Waals surface area (Å²) in [6, 6.07) is 1.46. The Bertz CT molecular complexity index is 804. The Kier molecular flexibility index (Phi) is 6.73. The topological polar surface area (TPSA) is 77.2 Å². The van der Waals surface area contributed by atoms with E-state index in [2.05, 4.69) is 27.6 Å². The second kappa shape index (κ2) is 9.82. The van der Waals surface area contributed by atoms with Gasteiger partial charge in [0.2, 0.25) is 5.91 Å². The monoisotopic (exact) mass is 487 g/mol. The van der Waals surface area contributed by atoms with Crippen molar-refractivity contribution < 1.29 is 14.3 Å². The largest absolute Gasteiger partial charge is 0.446 e. The van der Waals surface area contributed by atoms with Gasteiger partial charge in [0.1, 0.15) is 6.10 Å². The summed E-state index contributed by atoms with van der Waals surface area (Å²) in [6.07, 6.45) is 11.3. The first-order chi connectivity index (χ1) is 17.0. The molecular weight excluding hydrogens is 442 g/mol. The van der Waals surface area contributed by atoms with Crippen LogP contribution >= 0.6 is 0 Å². The Morgan fingerprint density at radius 2 is 1.77 bits per heavy atom. The van der Waals surface area contributed by atoms with Gasteiger partial charge >= 0.3 is 6.09 Å². The first-order valence-electron chi connectivity index (χ1n) is 14.5. The highest BCUT2D eigenvalue weighted by atomic mass is 16.6. The maximum Gasteiger partial charge on any atom is 0.410 e. The third kappa shape index (κ3) is 4.71. The van der Waals surface area contributed by atoms with Crippen LogP contribution in [0.3, 0.4) is 0 Å². The maximum absolute atomic E-state index is 13.8. The fourth-order valence-corrected chi connectivity index (χ4v) is 8.27. The summed E-state index contributed by atoms with van der Waals surface area (Å²) in [5, 5.41) is 6.13. The fraction of sp³-hybridized carbons (Fsp3) is 0.926. The molecule has 6 rings (SSSR count). The van der Waals surface area contributed by atoms with Crippen LogP contribution in [0.25, 0.3) is 0 Å². The summed E-state index contributed by atoms with van der Waals surface area (Å²) in [4.78, 5) is 30.5. The molecule has 8 nitrogen and oxygen atoms in total. The summed E-state index contributed by atoms with van der Waals surface area (Å²) >= 11 is 0. The van der Waals surface area contributed by atoms with Crippen LogP contribution in [0.4, 0.5) is 4.79 Å². The van der Waals surface area contributed by atoms with E-state index in [1.165, 1.54) is 25.7 Å². The molecule has 2 N–H and O–H groups in total. The Morgan fingerprint density at radius 3 is 2.57 bits per heavy atom. The number of fused-ring (bicyclic) bond motifs is 2. The number of amides is 2. The van der Waals surface area contributed by atoms with E-state index in [0.29, 0.717) is 30.3 Å². The van der Waals surface area contributed by atoms with Crippen LogP contribution in [0.1, 0.15) is 78.1 Å². The van der Waals surface area contributed by atoms with Gasteiger partial charge in [-0.1, -0.05) is 0 Å². The molecule has 3 saturated heterocycles. The lowest BCUT2D eigenvalue weighted by Crippen LogP contribution is -2.67. The zero-order valence-electron chi connectivity index (χ0n) is 21.7. The van der Waals surface area contributed by atoms with E-state index in [1.54, 1.807) is 6.92 Å². The molecule has 3 aliphatic heterocycles. The van der Waals surface area contributed by atoms with Gasteiger partial charge in [0, 0.05) is 50.6 Å². The van der Waals surface area contributed by atoms with Crippen LogP contribution in [0.2, 0.25) is 0 Å². The molecule has 0 aromatic carbocycles. The number of carbonyl (C=O) groups excluding carboxylic acids is 2. The summed E-state index contributed by atoms with van der Waals surface area (Å²) in [6.45, 7) is 7.64. The highest BCUT2D eigenvalue weighted by Gasteiger charge is 2.49. The van der Waals surface area contributed by atoms with Crippen LogP contribution in [-0.2, 0) is 9.53 Å². The van der Waals surface area contributed by atoms with Crippen LogP contribution in [0.15, 0.2) is 0 Å². The van der Waals surface area contributed by atoms with Crippen molar-refractivity contribution >= 4 is 12.0 Å². The summed E-state index contributed by atoms with van der Waals surface area (Å²) < 4.78 is 6.33. The van der Waals surface area contributed by atoms with Crippen LogP contribution in [-0.4, -0.2) is 89.3 Å². The van der Waals surface area contributed by atoms with Crippen molar-refractivity contribution in [2.24, 2.45) is 17.8 Å². The van der Waals surface area contributed by atoms with E-state index in [4.69, 9.17) is 4.74 Å². The standard InChI is InChI=1S/C27H45N5O3/c1-17-15-30(27(34)35-26-7-3-6-23-22(26)5-4-12-28-23)25-13-19(8-11-24(25)32(17)18(2)33)20-14-29-31(16-20)21-9-10-21/h17,19-26,28-29H,3-16H2,1-2H3/t17-,19?,20?,22?,23?,24?,25?,26?/m0/s1. The van der Waals surface area contributed by atoms with E-state index in [9.17, 15) is 9.59 Å². The van der Waals surface area contributed by atoms with Gasteiger partial charge in [-0.05, 0) is 89.5 Å². The van der Waals surface area contributed by atoms with Gasteiger partial charge in [-0.15, -0.1) is 0 Å². The van der Waals surface area contributed by atoms with Gasteiger partial charge in [-0.2, -0.15) is 0 Å². The molecule has 3 heterocycles. The minimum atomic E-state index is -0.129. The lowest BCUT2D eigenvalue weighted by atomic mass is 9.73. The molecular formula is C27H45N5O3. The summed E-state index contributed by atoms with van der Waals surface area (Å²) in [5.41, 5.74) is 3.64. The van der Waals surface area contributed by atoms with Crippen molar-refractivity contribution in [3.05, 3.63) is 0 Å². The van der Waals surface area contributed by atoms with E-state index < -0.39 is 0 Å². The average molecular weight is 488 g/mol. The van der Waals surface area contributed by atoms with Gasteiger partial charge < -0.3 is 19.9 Å². The third-order valence-electron chi connectivity index (χ3n) is 10.1. The SMILES string of the molecule is CC(=O)N1C2CCC(C3CNN(C4CC4)C3)CC2N(C(=O)OC2CCCC3NCCCC32)C[C@@H]1C. The number of nitrogens with zero attached hydrogens (tertiary/aromatic N) is 3. The smallest absolute Gasteiger partial charge is 0.410 e. The van der Waals surface area contributed by atoms with Crippen molar-refractivity contribution in [2.45, 2.75) is 114 Å². The van der Waals surface area contributed by atoms with Gasteiger partial charge in [0.25, 0.3) is 0 Å². The van der Waals surface area contributed by atoms with E-state index in [1.807, 2.05) is 4.90 Å². The van der Waals surface area contributed by atoms with Gasteiger partial charge in [-0.3, -0.25) is 10.2 Å². The molecule has 0 bridgehead atoms. The van der Waals surface area contributed by atoms with Gasteiger partial charge in [0.05, 0.1) is 12.1 Å². The van der Waals surface area contributed by atoms with Crippen molar-refractivity contribution in [3.8, 4) is 0 Å². The summed E-state index contributed by atoms with van der Waals surface area (Å²) in [7, 11) is 0. The highest BCUT2D eigenvalue weighted by molar-refractivity contribution is 5.75. The lowest BCUT2D eigenvalue weighted by Gasteiger charge is -2.54.